The summed E-state index contributed by atoms with van der Waals surface area (Å²) < 4.78 is 66.0. The molecule has 0 fully saturated rings. The Kier molecular flexibility index (Phi) is 10.5. The number of halogens is 6. The van der Waals surface area contributed by atoms with Gasteiger partial charge < -0.3 is 10.2 Å². The number of hydrogen-bond donors (Lipinski definition) is 1. The van der Waals surface area contributed by atoms with Gasteiger partial charge in [-0.05, 0) is 43.7 Å². The van der Waals surface area contributed by atoms with E-state index in [4.69, 9.17) is 34.8 Å². The number of rotatable bonds is 10. The van der Waals surface area contributed by atoms with Crippen LogP contribution in [0.2, 0.25) is 15.1 Å². The first-order chi connectivity index (χ1) is 17.1. The van der Waals surface area contributed by atoms with Crippen LogP contribution in [0.4, 0.5) is 18.9 Å². The highest BCUT2D eigenvalue weighted by atomic mass is 35.5. The van der Waals surface area contributed by atoms with Crippen LogP contribution in [0, 0.1) is 0 Å². The number of carbonyl (C=O) groups is 2. The highest BCUT2D eigenvalue weighted by Crippen LogP contribution is 2.37. The molecule has 0 saturated carbocycles. The van der Waals surface area contributed by atoms with E-state index in [2.05, 4.69) is 5.32 Å². The van der Waals surface area contributed by atoms with Gasteiger partial charge in [0, 0.05) is 28.7 Å². The minimum atomic E-state index is -4.86. The smallest absolute Gasteiger partial charge is 0.355 e. The van der Waals surface area contributed by atoms with Crippen LogP contribution < -0.4 is 9.62 Å². The molecule has 2 aromatic carbocycles. The number of benzene rings is 2. The molecule has 1 unspecified atom stereocenters. The van der Waals surface area contributed by atoms with Gasteiger partial charge >= 0.3 is 6.18 Å². The average Bonchev–Trinajstić information content (AvgIpc) is 2.78. The third-order valence-electron chi connectivity index (χ3n) is 5.35. The van der Waals surface area contributed by atoms with Gasteiger partial charge in [-0.3, -0.25) is 13.9 Å². The van der Waals surface area contributed by atoms with Gasteiger partial charge in [0.1, 0.15) is 12.6 Å². The number of carbonyl (C=O) groups excluding carboxylic acids is 2. The second-order valence-electron chi connectivity index (χ2n) is 7.97. The zero-order valence-corrected chi connectivity index (χ0v) is 23.2. The van der Waals surface area contributed by atoms with Crippen LogP contribution >= 0.6 is 34.8 Å². The molecule has 1 N–H and O–H groups in total. The molecule has 0 bridgehead atoms. The Balaban J connectivity index is 2.57. The maximum atomic E-state index is 13.6. The minimum absolute atomic E-state index is 0.150. The van der Waals surface area contributed by atoms with Gasteiger partial charge in [-0.1, -0.05) is 47.8 Å². The van der Waals surface area contributed by atoms with Gasteiger partial charge in [0.15, 0.2) is 0 Å². The summed E-state index contributed by atoms with van der Waals surface area (Å²) in [6.07, 6.45) is -3.96. The summed E-state index contributed by atoms with van der Waals surface area (Å²) in [6, 6.07) is 6.12. The molecule has 0 saturated heterocycles. The zero-order valence-electron chi connectivity index (χ0n) is 20.1. The molecule has 2 amide bonds. The van der Waals surface area contributed by atoms with Crippen molar-refractivity contribution < 1.29 is 31.2 Å². The predicted molar refractivity (Wildman–Crippen MR) is 138 cm³/mol. The molecule has 0 aromatic heterocycles. The van der Waals surface area contributed by atoms with E-state index >= 15 is 0 Å². The lowest BCUT2D eigenvalue weighted by atomic mass is 10.1. The quantitative estimate of drug-likeness (QED) is 0.396. The molecule has 0 heterocycles. The van der Waals surface area contributed by atoms with Gasteiger partial charge in [-0.25, -0.2) is 8.42 Å². The summed E-state index contributed by atoms with van der Waals surface area (Å²) in [5.74, 6) is -1.36. The van der Waals surface area contributed by atoms with Crippen molar-refractivity contribution in [2.24, 2.45) is 0 Å². The molecule has 2 aromatic rings. The first-order valence-corrected chi connectivity index (χ1v) is 13.9. The second-order valence-corrected chi connectivity index (χ2v) is 11.1. The van der Waals surface area contributed by atoms with Gasteiger partial charge in [0.25, 0.3) is 0 Å². The Hall–Kier alpha value is -2.21. The topological polar surface area (TPSA) is 86.8 Å². The van der Waals surface area contributed by atoms with Crippen LogP contribution in [0.1, 0.15) is 31.4 Å². The average molecular weight is 603 g/mol. The molecule has 2 rings (SSSR count). The van der Waals surface area contributed by atoms with Crippen molar-refractivity contribution >= 4 is 62.3 Å². The number of amides is 2. The predicted octanol–water partition coefficient (Wildman–Crippen LogP) is 5.38. The second kappa shape index (κ2) is 12.6. The maximum absolute atomic E-state index is 13.6. The van der Waals surface area contributed by atoms with Gasteiger partial charge in [-0.2, -0.15) is 13.2 Å². The summed E-state index contributed by atoms with van der Waals surface area (Å²) in [5, 5.41) is 2.41. The molecule has 0 spiro atoms. The lowest BCUT2D eigenvalue weighted by molar-refractivity contribution is -0.140. The summed E-state index contributed by atoms with van der Waals surface area (Å²) in [5.41, 5.74) is -1.37. The first kappa shape index (κ1) is 31.0. The van der Waals surface area contributed by atoms with Crippen LogP contribution in [-0.2, 0) is 32.3 Å². The maximum Gasteiger partial charge on any atom is 0.417 e. The fourth-order valence-electron chi connectivity index (χ4n) is 3.56. The molecular formula is C23H25Cl3F3N3O4S. The van der Waals surface area contributed by atoms with E-state index in [9.17, 15) is 31.2 Å². The SMILES string of the molecule is CCNC(=O)C(CC)N(Cc1c(Cl)cccc1Cl)C(=O)CN(c1ccc(Cl)c(C(F)(F)F)c1)S(C)(=O)=O. The van der Waals surface area contributed by atoms with E-state index in [1.807, 2.05) is 0 Å². The highest BCUT2D eigenvalue weighted by Gasteiger charge is 2.36. The number of alkyl halides is 3. The molecule has 37 heavy (non-hydrogen) atoms. The molecule has 0 radical (unpaired) electrons. The lowest BCUT2D eigenvalue weighted by Gasteiger charge is -2.33. The molecular weight excluding hydrogens is 578 g/mol. The van der Waals surface area contributed by atoms with Crippen molar-refractivity contribution in [3.63, 3.8) is 0 Å². The molecule has 14 heteroatoms. The lowest BCUT2D eigenvalue weighted by Crippen LogP contribution is -2.52. The Morgan fingerprint density at radius 2 is 1.62 bits per heavy atom. The van der Waals surface area contributed by atoms with Crippen molar-refractivity contribution in [3.05, 3.63) is 62.6 Å². The number of hydrogen-bond acceptors (Lipinski definition) is 4. The number of nitrogens with zero attached hydrogens (tertiary/aromatic N) is 2. The Labute approximate surface area is 228 Å². The van der Waals surface area contributed by atoms with Crippen molar-refractivity contribution in [2.45, 2.75) is 39.0 Å². The summed E-state index contributed by atoms with van der Waals surface area (Å²) in [6.45, 7) is 2.46. The standard InChI is InChI=1S/C23H25Cl3F3N3O4S/c1-4-20(22(34)30-5-2)31(12-15-17(24)7-6-8-18(15)25)21(33)13-32(37(3,35)36)14-9-10-19(26)16(11-14)23(27,28)29/h6-11,20H,4-5,12-13H2,1-3H3,(H,30,34). The van der Waals surface area contributed by atoms with Crippen molar-refractivity contribution in [2.75, 3.05) is 23.7 Å². The van der Waals surface area contributed by atoms with Crippen molar-refractivity contribution in [3.8, 4) is 0 Å². The van der Waals surface area contributed by atoms with E-state index in [1.54, 1.807) is 19.9 Å². The van der Waals surface area contributed by atoms with Crippen LogP contribution in [0.3, 0.4) is 0 Å². The molecule has 7 nitrogen and oxygen atoms in total. The summed E-state index contributed by atoms with van der Waals surface area (Å²) >= 11 is 18.2. The number of likely N-dealkylation sites (N-methyl/N-ethyl adjacent to an activating group) is 1. The monoisotopic (exact) mass is 601 g/mol. The zero-order chi connectivity index (χ0) is 28.1. The molecule has 0 aliphatic carbocycles. The van der Waals surface area contributed by atoms with Crippen LogP contribution in [0.15, 0.2) is 36.4 Å². The van der Waals surface area contributed by atoms with E-state index in [-0.39, 0.29) is 29.6 Å². The van der Waals surface area contributed by atoms with Crippen LogP contribution in [0.5, 0.6) is 0 Å². The van der Waals surface area contributed by atoms with E-state index in [1.165, 1.54) is 12.1 Å². The van der Waals surface area contributed by atoms with Crippen molar-refractivity contribution in [1.82, 2.24) is 10.2 Å². The third-order valence-corrected chi connectivity index (χ3v) is 7.53. The highest BCUT2D eigenvalue weighted by molar-refractivity contribution is 7.92. The van der Waals surface area contributed by atoms with E-state index in [0.717, 1.165) is 23.3 Å². The third kappa shape index (κ3) is 7.89. The molecule has 0 aliphatic rings. The fourth-order valence-corrected chi connectivity index (χ4v) is 5.15. The Bertz CT molecular complexity index is 1240. The van der Waals surface area contributed by atoms with Crippen LogP contribution in [-0.4, -0.2) is 50.5 Å². The normalized spacial score (nSPS) is 12.7. The van der Waals surface area contributed by atoms with E-state index < -0.39 is 56.9 Å². The Morgan fingerprint density at radius 1 is 1.03 bits per heavy atom. The number of anilines is 1. The van der Waals surface area contributed by atoms with Gasteiger partial charge in [0.05, 0.1) is 22.5 Å². The molecule has 1 atom stereocenters. The summed E-state index contributed by atoms with van der Waals surface area (Å²) in [7, 11) is -4.25. The number of sulfonamides is 1. The minimum Gasteiger partial charge on any atom is -0.355 e. The molecule has 204 valence electrons. The van der Waals surface area contributed by atoms with Gasteiger partial charge in [-0.15, -0.1) is 0 Å². The van der Waals surface area contributed by atoms with Crippen molar-refractivity contribution in [1.29, 1.82) is 0 Å². The van der Waals surface area contributed by atoms with E-state index in [0.29, 0.717) is 15.9 Å². The molecule has 0 aliphatic heterocycles. The van der Waals surface area contributed by atoms with Crippen LogP contribution in [0.25, 0.3) is 0 Å². The Morgan fingerprint density at radius 3 is 2.11 bits per heavy atom. The summed E-state index contributed by atoms with van der Waals surface area (Å²) in [4.78, 5) is 27.5. The largest absolute Gasteiger partial charge is 0.417 e. The number of nitrogens with one attached hydrogen (secondary N) is 1. The fraction of sp³-hybridized carbons (Fsp3) is 0.391. The van der Waals surface area contributed by atoms with Gasteiger partial charge in [0.2, 0.25) is 21.8 Å². The first-order valence-electron chi connectivity index (χ1n) is 11.0.